The minimum Gasteiger partial charge on any atom is -0.453 e. The highest BCUT2D eigenvalue weighted by atomic mass is 19.1. The second-order valence-corrected chi connectivity index (χ2v) is 27.7. The van der Waals surface area contributed by atoms with E-state index in [0.29, 0.717) is 90.0 Å². The number of nitrogen functional groups attached to an aromatic ring is 1. The molecule has 3 aromatic carbocycles. The Labute approximate surface area is 604 Å². The molecule has 0 saturated carbocycles. The number of carbonyl (C=O) groups excluding carboxylic acids is 11. The van der Waals surface area contributed by atoms with Gasteiger partial charge in [-0.3, -0.25) is 58.2 Å². The number of anilines is 9. The predicted molar refractivity (Wildman–Crippen MR) is 392 cm³/mol. The summed E-state index contributed by atoms with van der Waals surface area (Å²) in [5.41, 5.74) is 17.0. The number of halogens is 1. The number of carbonyl (C=O) groups is 11. The van der Waals surface area contributed by atoms with Crippen LogP contribution in [0.2, 0.25) is 0 Å². The number of nitrogens with one attached hydrogen (secondary N) is 9. The molecule has 9 heterocycles. The highest BCUT2D eigenvalue weighted by molar-refractivity contribution is 6.40. The number of nitrogens with two attached hydrogens (primary N) is 1. The van der Waals surface area contributed by atoms with Gasteiger partial charge in [-0.25, -0.2) is 24.5 Å². The number of ketones is 1. The van der Waals surface area contributed by atoms with Gasteiger partial charge in [0.2, 0.25) is 23.5 Å². The van der Waals surface area contributed by atoms with Crippen molar-refractivity contribution in [2.24, 2.45) is 17.8 Å². The first-order chi connectivity index (χ1) is 49.8. The van der Waals surface area contributed by atoms with Gasteiger partial charge in [-0.2, -0.15) is 0 Å². The number of Topliss-reactive ketones (excluding diaryl/α,β-unsaturated/α-hetero) is 1. The second kappa shape index (κ2) is 35.1. The number of amides is 10. The topological polar surface area (TPSA) is 386 Å². The molecular formula is C75H92FN15O13. The maximum absolute atomic E-state index is 13.2. The Bertz CT molecular complexity index is 4300. The third-order valence-corrected chi connectivity index (χ3v) is 18.0. The Hall–Kier alpha value is -11.2. The Balaban J connectivity index is 0.000000180. The fourth-order valence-corrected chi connectivity index (χ4v) is 12.7. The molecular weight excluding hydrogens is 1340 g/mol. The van der Waals surface area contributed by atoms with Crippen LogP contribution in [-0.4, -0.2) is 129 Å². The molecule has 0 bridgehead atoms. The lowest BCUT2D eigenvalue weighted by Crippen LogP contribution is -2.46. The van der Waals surface area contributed by atoms with E-state index in [1.54, 1.807) is 69.5 Å². The van der Waals surface area contributed by atoms with Crippen molar-refractivity contribution in [1.29, 1.82) is 0 Å². The van der Waals surface area contributed by atoms with E-state index in [1.807, 2.05) is 42.5 Å². The lowest BCUT2D eigenvalue weighted by atomic mass is 9.89. The molecule has 0 radical (unpaired) electrons. The minimum absolute atomic E-state index is 0.0286. The van der Waals surface area contributed by atoms with Gasteiger partial charge in [0.1, 0.15) is 23.1 Å². The molecule has 0 spiro atoms. The summed E-state index contributed by atoms with van der Waals surface area (Å²) in [4.78, 5) is 147. The highest BCUT2D eigenvalue weighted by Gasteiger charge is 2.37. The summed E-state index contributed by atoms with van der Waals surface area (Å²) in [6.45, 7) is 20.1. The summed E-state index contributed by atoms with van der Waals surface area (Å²) in [5.74, 6) is -1.58. The van der Waals surface area contributed by atoms with Crippen molar-refractivity contribution in [3.63, 3.8) is 0 Å². The van der Waals surface area contributed by atoms with Crippen LogP contribution in [0.25, 0.3) is 0 Å². The average Bonchev–Trinajstić information content (AvgIpc) is 1.79. The molecule has 6 aliphatic rings. The van der Waals surface area contributed by atoms with Crippen LogP contribution in [0.15, 0.2) is 91.4 Å². The normalized spacial score (nSPS) is 19.0. The number of fused-ring (bicyclic) bond motifs is 3. The van der Waals surface area contributed by atoms with Gasteiger partial charge in [0.25, 0.3) is 5.91 Å². The Morgan fingerprint density at radius 2 is 0.942 bits per heavy atom. The number of methoxy groups -OCH3 is 1. The van der Waals surface area contributed by atoms with Gasteiger partial charge in [0, 0.05) is 43.1 Å². The van der Waals surface area contributed by atoms with E-state index < -0.39 is 60.3 Å². The largest absolute Gasteiger partial charge is 0.453 e. The first-order valence-electron chi connectivity index (χ1n) is 34.9. The average molecular weight is 1430 g/mol. The monoisotopic (exact) mass is 1430 g/mol. The number of aromatic nitrogens is 3. The Morgan fingerprint density at radius 3 is 1.34 bits per heavy atom. The first kappa shape index (κ1) is 76.9. The minimum atomic E-state index is -1.00. The summed E-state index contributed by atoms with van der Waals surface area (Å²) in [5, 5.41) is 24.8. The van der Waals surface area contributed by atoms with Crippen molar-refractivity contribution < 1.29 is 68.0 Å². The molecule has 3 saturated heterocycles. The molecule has 11 N–H and O–H groups in total. The van der Waals surface area contributed by atoms with E-state index in [2.05, 4.69) is 100 Å². The van der Waals surface area contributed by atoms with E-state index in [4.69, 9.17) is 11.8 Å². The number of benzene rings is 3. The summed E-state index contributed by atoms with van der Waals surface area (Å²) in [7, 11) is 0.249. The van der Waals surface area contributed by atoms with Gasteiger partial charge in [-0.15, -0.1) is 0 Å². The zero-order valence-electron chi connectivity index (χ0n) is 61.3. The molecule has 10 amide bonds. The van der Waals surface area contributed by atoms with Gasteiger partial charge in [0.15, 0.2) is 0 Å². The van der Waals surface area contributed by atoms with Crippen molar-refractivity contribution in [3.8, 4) is 0 Å². The summed E-state index contributed by atoms with van der Waals surface area (Å²) in [6, 6.07) is 22.8. The second-order valence-electron chi connectivity index (χ2n) is 27.7. The highest BCUT2D eigenvalue weighted by Crippen LogP contribution is 2.39. The fourth-order valence-electron chi connectivity index (χ4n) is 12.7. The zero-order valence-corrected chi connectivity index (χ0v) is 60.3. The molecule has 552 valence electrons. The van der Waals surface area contributed by atoms with Crippen LogP contribution >= 0.6 is 0 Å². The van der Waals surface area contributed by atoms with Crippen LogP contribution in [0.1, 0.15) is 157 Å². The first-order valence-corrected chi connectivity index (χ1v) is 34.2. The maximum atomic E-state index is 13.2. The van der Waals surface area contributed by atoms with E-state index in [-0.39, 0.29) is 35.7 Å². The molecule has 6 atom stereocenters. The van der Waals surface area contributed by atoms with Crippen molar-refractivity contribution in [3.05, 3.63) is 141 Å². The molecule has 12 rings (SSSR count). The summed E-state index contributed by atoms with van der Waals surface area (Å²) < 4.78 is 25.2. The SMILES string of the molecule is CC(=O)C(=O)Nc1cnc(NC(=O)OC(C)(C)C)c(C)c1.CC1CCC(c2ccc3c(c2)CC(=O)N3)NC1.COC(=O)Nc1ncc(NC(=O)C(=O)N2C[C@H](C)CC[C@H]2c2ccc3c(c2)CC(=O)N3)cc1C.Cc1cc(NC(=O)C(=O)N2C[C@H](C)CC[C@H]2c2ccc3c(c2)CC(=O)N3)cnc1N.[2H]CF. The lowest BCUT2D eigenvalue weighted by Gasteiger charge is -2.38. The third-order valence-electron chi connectivity index (χ3n) is 18.0. The number of hydrogen-bond donors (Lipinski definition) is 10. The predicted octanol–water partition coefficient (Wildman–Crippen LogP) is 10.5. The quantitative estimate of drug-likeness (QED) is 0.0601. The molecule has 3 fully saturated rings. The standard InChI is InChI=1S/C24H27N5O5.C22H25N5O3.C14H19N3O4.C14H18N2O.CH3F/c1-13-4-7-19(15-5-6-18-16(9-15)10-20(30)27-18)29(12-13)23(32)22(31)26-17-8-14(2)21(25-11-17)28-24(33)34-3;1-12-3-6-18(14-4-5-17-15(8-14)9-19(28)26-17)27(11-12)22(30)21(29)25-16-7-13(2)20(23)24-10-16;1-8-6-10(16-12(19)9(2)18)7-15-11(8)17-13(20)21-14(3,4)5;1-9-2-4-12(15-8-9)10-3-5-13-11(6-10)7-14(17)16-13;1-2/h5-6,8-9,11,13,19H,4,7,10,12H2,1-3H3,(H,26,31)(H,27,30)(H,25,28,33);4-5,7-8,10,12,18H,3,6,9,11H2,1-2H3,(H2,23,24)(H,25,29)(H,26,28);6-7H,1-5H3,(H,16,19)(H,15,17,20);3,5-6,9,12,15H,2,4,7-8H2,1H3,(H,16,17);1H3/t13-,19+;12-,18+;;;/m11.../s1/i;;;;1D. The number of piperidine rings is 3. The van der Waals surface area contributed by atoms with Crippen molar-refractivity contribution in [2.45, 2.75) is 151 Å². The number of pyridine rings is 3. The zero-order chi connectivity index (χ0) is 76.6. The van der Waals surface area contributed by atoms with Crippen LogP contribution in [0.4, 0.5) is 65.6 Å². The van der Waals surface area contributed by atoms with Crippen LogP contribution in [-0.2, 0) is 71.9 Å². The molecule has 104 heavy (non-hydrogen) atoms. The third kappa shape index (κ3) is 21.2. The maximum Gasteiger partial charge on any atom is 0.413 e. The van der Waals surface area contributed by atoms with Crippen molar-refractivity contribution in [2.75, 3.05) is 82.2 Å². The van der Waals surface area contributed by atoms with Crippen LogP contribution in [0, 0.1) is 38.5 Å². The van der Waals surface area contributed by atoms with Crippen molar-refractivity contribution in [1.82, 2.24) is 30.1 Å². The van der Waals surface area contributed by atoms with E-state index in [9.17, 15) is 57.1 Å². The molecule has 6 aliphatic heterocycles. The summed E-state index contributed by atoms with van der Waals surface area (Å²) >= 11 is 0. The number of ether oxygens (including phenoxy) is 2. The number of likely N-dealkylation sites (tertiary alicyclic amines) is 2. The van der Waals surface area contributed by atoms with Gasteiger partial charge in [-0.05, 0) is 191 Å². The van der Waals surface area contributed by atoms with Crippen LogP contribution < -0.4 is 53.6 Å². The number of hydrogen-bond acceptors (Lipinski definition) is 18. The van der Waals surface area contributed by atoms with Crippen LogP contribution in [0.5, 0.6) is 0 Å². The number of rotatable bonds is 9. The molecule has 28 nitrogen and oxygen atoms in total. The molecule has 6 aromatic rings. The number of aryl methyl sites for hydroxylation is 3. The van der Waals surface area contributed by atoms with Gasteiger partial charge >= 0.3 is 35.8 Å². The van der Waals surface area contributed by atoms with Gasteiger partial charge < -0.3 is 62.2 Å². The Kier molecular flexibility index (Phi) is 26.0. The van der Waals surface area contributed by atoms with E-state index in [0.717, 1.165) is 88.6 Å². The smallest absolute Gasteiger partial charge is 0.413 e. The fraction of sp³-hybridized carbons (Fsp3) is 0.413. The van der Waals surface area contributed by atoms with Crippen LogP contribution in [0.3, 0.4) is 0 Å². The van der Waals surface area contributed by atoms with Gasteiger partial charge in [0.05, 0.1) is 82.6 Å². The molecule has 2 unspecified atom stereocenters. The number of nitrogens with zero attached hydrogens (tertiary/aromatic N) is 5. The Morgan fingerprint density at radius 1 is 0.548 bits per heavy atom. The number of alkyl halides is 1. The van der Waals surface area contributed by atoms with Gasteiger partial charge in [-0.1, -0.05) is 57.2 Å². The van der Waals surface area contributed by atoms with E-state index >= 15 is 0 Å². The molecule has 0 aliphatic carbocycles. The summed E-state index contributed by atoms with van der Waals surface area (Å²) in [6.07, 6.45) is 9.94. The van der Waals surface area contributed by atoms with Crippen molar-refractivity contribution >= 4 is 117 Å². The molecule has 3 aromatic heterocycles. The lowest BCUT2D eigenvalue weighted by molar-refractivity contribution is -0.146. The van der Waals surface area contributed by atoms with E-state index in [1.165, 1.54) is 51.0 Å². The molecule has 29 heteroatoms.